The summed E-state index contributed by atoms with van der Waals surface area (Å²) in [6, 6.07) is 15.2. The molecule has 0 aliphatic carbocycles. The Kier molecular flexibility index (Phi) is 7.77. The Morgan fingerprint density at radius 2 is 1.38 bits per heavy atom. The molecular weight excluding hydrogens is 302 g/mol. The van der Waals surface area contributed by atoms with Gasteiger partial charge in [0.2, 0.25) is 0 Å². The second-order valence-corrected chi connectivity index (χ2v) is 5.39. The predicted octanol–water partition coefficient (Wildman–Crippen LogP) is 5.01. The first-order chi connectivity index (χ1) is 11.8. The molecule has 2 N–H and O–H groups in total. The summed E-state index contributed by atoms with van der Waals surface area (Å²) in [5.74, 6) is 1.59. The van der Waals surface area contributed by atoms with E-state index in [4.69, 9.17) is 15.2 Å². The van der Waals surface area contributed by atoms with Gasteiger partial charge in [-0.15, -0.1) is 0 Å². The van der Waals surface area contributed by atoms with Crippen molar-refractivity contribution < 1.29 is 9.47 Å². The summed E-state index contributed by atoms with van der Waals surface area (Å²) < 4.78 is 11.3. The molecule has 24 heavy (non-hydrogen) atoms. The molecule has 0 aliphatic heterocycles. The summed E-state index contributed by atoms with van der Waals surface area (Å²) in [5.41, 5.74) is 6.97. The van der Waals surface area contributed by atoms with Crippen LogP contribution in [0.3, 0.4) is 0 Å². The Morgan fingerprint density at radius 3 is 1.88 bits per heavy atom. The summed E-state index contributed by atoms with van der Waals surface area (Å²) in [6.45, 7) is 4.09. The molecule has 0 bridgehead atoms. The number of nitrogens with zero attached hydrogens (tertiary/aromatic N) is 2. The SMILES string of the molecule is CCCCOc1cccc(N=Nc2cccc(OCCCN)c2)c1. The van der Waals surface area contributed by atoms with Crippen LogP contribution < -0.4 is 15.2 Å². The predicted molar refractivity (Wildman–Crippen MR) is 96.6 cm³/mol. The molecule has 0 aromatic heterocycles. The fourth-order valence-corrected chi connectivity index (χ4v) is 1.99. The van der Waals surface area contributed by atoms with Crippen LogP contribution in [0.25, 0.3) is 0 Å². The summed E-state index contributed by atoms with van der Waals surface area (Å²) in [6.07, 6.45) is 2.99. The van der Waals surface area contributed by atoms with E-state index in [1.54, 1.807) is 0 Å². The van der Waals surface area contributed by atoms with Gasteiger partial charge in [0.15, 0.2) is 0 Å². The Labute approximate surface area is 143 Å². The lowest BCUT2D eigenvalue weighted by Gasteiger charge is -2.06. The van der Waals surface area contributed by atoms with Crippen molar-refractivity contribution in [2.75, 3.05) is 19.8 Å². The zero-order valence-corrected chi connectivity index (χ0v) is 14.1. The number of benzene rings is 2. The molecule has 0 aliphatic rings. The number of nitrogens with two attached hydrogens (primary N) is 1. The highest BCUT2D eigenvalue weighted by molar-refractivity contribution is 5.46. The van der Waals surface area contributed by atoms with Crippen LogP contribution in [0, 0.1) is 0 Å². The summed E-state index contributed by atoms with van der Waals surface area (Å²) in [7, 11) is 0. The van der Waals surface area contributed by atoms with Crippen molar-refractivity contribution in [1.29, 1.82) is 0 Å². The molecule has 5 heteroatoms. The molecular formula is C19H25N3O2. The molecule has 128 valence electrons. The maximum atomic E-state index is 5.68. The molecule has 0 unspecified atom stereocenters. The molecule has 0 fully saturated rings. The number of hydrogen-bond acceptors (Lipinski definition) is 5. The Morgan fingerprint density at radius 1 is 0.833 bits per heavy atom. The van der Waals surface area contributed by atoms with Gasteiger partial charge in [0.05, 0.1) is 24.6 Å². The first-order valence-corrected chi connectivity index (χ1v) is 8.39. The zero-order valence-electron chi connectivity index (χ0n) is 14.1. The Balaban J connectivity index is 1.97. The van der Waals surface area contributed by atoms with Crippen molar-refractivity contribution in [2.45, 2.75) is 26.2 Å². The van der Waals surface area contributed by atoms with Crippen LogP contribution in [0.5, 0.6) is 11.5 Å². The van der Waals surface area contributed by atoms with Crippen LogP contribution in [0.1, 0.15) is 26.2 Å². The molecule has 0 heterocycles. The minimum Gasteiger partial charge on any atom is -0.494 e. The van der Waals surface area contributed by atoms with Crippen LogP contribution in [0.4, 0.5) is 11.4 Å². The molecule has 0 amide bonds. The van der Waals surface area contributed by atoms with Gasteiger partial charge in [-0.3, -0.25) is 0 Å². The van der Waals surface area contributed by atoms with Crippen LogP contribution >= 0.6 is 0 Å². The maximum absolute atomic E-state index is 5.68. The highest BCUT2D eigenvalue weighted by atomic mass is 16.5. The molecule has 2 aromatic rings. The number of hydrogen-bond donors (Lipinski definition) is 1. The van der Waals surface area contributed by atoms with Gasteiger partial charge < -0.3 is 15.2 Å². The van der Waals surface area contributed by atoms with E-state index in [2.05, 4.69) is 17.2 Å². The lowest BCUT2D eigenvalue weighted by atomic mass is 10.3. The third-order valence-electron chi connectivity index (χ3n) is 3.30. The van der Waals surface area contributed by atoms with Crippen LogP contribution in [0.15, 0.2) is 58.8 Å². The molecule has 0 spiro atoms. The Hall–Kier alpha value is -2.40. The van der Waals surface area contributed by atoms with Gasteiger partial charge in [0, 0.05) is 12.1 Å². The second kappa shape index (κ2) is 10.4. The van der Waals surface area contributed by atoms with Gasteiger partial charge >= 0.3 is 0 Å². The average Bonchev–Trinajstić information content (AvgIpc) is 2.61. The molecule has 5 nitrogen and oxygen atoms in total. The second-order valence-electron chi connectivity index (χ2n) is 5.39. The molecule has 0 saturated heterocycles. The number of rotatable bonds is 10. The lowest BCUT2D eigenvalue weighted by Crippen LogP contribution is -2.05. The standard InChI is InChI=1S/C19H25N3O2/c1-2-3-12-23-18-9-4-7-16(14-18)21-22-17-8-5-10-19(15-17)24-13-6-11-20/h4-5,7-10,14-15H,2-3,6,11-13,20H2,1H3. The van der Waals surface area contributed by atoms with Crippen LogP contribution in [0.2, 0.25) is 0 Å². The van der Waals surface area contributed by atoms with Crippen LogP contribution in [-0.4, -0.2) is 19.8 Å². The van der Waals surface area contributed by atoms with Gasteiger partial charge in [-0.05, 0) is 43.7 Å². The minimum atomic E-state index is 0.605. The van der Waals surface area contributed by atoms with Crippen molar-refractivity contribution in [3.8, 4) is 11.5 Å². The fraction of sp³-hybridized carbons (Fsp3) is 0.368. The third kappa shape index (κ3) is 6.38. The molecule has 0 atom stereocenters. The highest BCUT2D eigenvalue weighted by Crippen LogP contribution is 2.25. The lowest BCUT2D eigenvalue weighted by molar-refractivity contribution is 0.309. The average molecular weight is 327 g/mol. The van der Waals surface area contributed by atoms with E-state index >= 15 is 0 Å². The topological polar surface area (TPSA) is 69.2 Å². The van der Waals surface area contributed by atoms with Crippen molar-refractivity contribution >= 4 is 11.4 Å². The molecule has 2 aromatic carbocycles. The van der Waals surface area contributed by atoms with Gasteiger partial charge in [-0.25, -0.2) is 0 Å². The van der Waals surface area contributed by atoms with E-state index in [0.717, 1.165) is 48.7 Å². The fourth-order valence-electron chi connectivity index (χ4n) is 1.99. The number of azo groups is 1. The number of ether oxygens (including phenoxy) is 2. The van der Waals surface area contributed by atoms with Gasteiger partial charge in [0.1, 0.15) is 11.5 Å². The van der Waals surface area contributed by atoms with E-state index < -0.39 is 0 Å². The van der Waals surface area contributed by atoms with E-state index in [-0.39, 0.29) is 0 Å². The van der Waals surface area contributed by atoms with Crippen LogP contribution in [-0.2, 0) is 0 Å². The van der Waals surface area contributed by atoms with E-state index in [9.17, 15) is 0 Å². The smallest absolute Gasteiger partial charge is 0.121 e. The molecule has 0 radical (unpaired) electrons. The van der Waals surface area contributed by atoms with Crippen molar-refractivity contribution in [2.24, 2.45) is 16.0 Å². The largest absolute Gasteiger partial charge is 0.494 e. The van der Waals surface area contributed by atoms with Crippen molar-refractivity contribution in [3.63, 3.8) is 0 Å². The highest BCUT2D eigenvalue weighted by Gasteiger charge is 1.98. The van der Waals surface area contributed by atoms with Gasteiger partial charge in [-0.2, -0.15) is 10.2 Å². The normalized spacial score (nSPS) is 10.9. The van der Waals surface area contributed by atoms with E-state index in [1.807, 2.05) is 48.5 Å². The van der Waals surface area contributed by atoms with Gasteiger partial charge in [0.25, 0.3) is 0 Å². The molecule has 0 saturated carbocycles. The molecule has 2 rings (SSSR count). The zero-order chi connectivity index (χ0) is 17.0. The first-order valence-electron chi connectivity index (χ1n) is 8.39. The Bertz CT molecular complexity index is 589. The van der Waals surface area contributed by atoms with E-state index in [1.165, 1.54) is 0 Å². The number of unbranched alkanes of at least 4 members (excludes halogenated alkanes) is 1. The van der Waals surface area contributed by atoms with E-state index in [0.29, 0.717) is 13.2 Å². The van der Waals surface area contributed by atoms with Crippen molar-refractivity contribution in [1.82, 2.24) is 0 Å². The van der Waals surface area contributed by atoms with Gasteiger partial charge in [-0.1, -0.05) is 25.5 Å². The summed E-state index contributed by atoms with van der Waals surface area (Å²) >= 11 is 0. The minimum absolute atomic E-state index is 0.605. The monoisotopic (exact) mass is 327 g/mol. The summed E-state index contributed by atoms with van der Waals surface area (Å²) in [4.78, 5) is 0. The quantitative estimate of drug-likeness (QED) is 0.492. The maximum Gasteiger partial charge on any atom is 0.121 e. The van der Waals surface area contributed by atoms with Crippen molar-refractivity contribution in [3.05, 3.63) is 48.5 Å². The third-order valence-corrected chi connectivity index (χ3v) is 3.30. The summed E-state index contributed by atoms with van der Waals surface area (Å²) in [5, 5.41) is 8.54. The first kappa shape index (κ1) is 17.9.